The number of aliphatic hydroxyl groups excluding tert-OH is 1. The summed E-state index contributed by atoms with van der Waals surface area (Å²) >= 11 is 0. The summed E-state index contributed by atoms with van der Waals surface area (Å²) in [6, 6.07) is -1.11. The van der Waals surface area contributed by atoms with Gasteiger partial charge in [-0.2, -0.15) is 0 Å². The van der Waals surface area contributed by atoms with Crippen molar-refractivity contribution in [1.82, 2.24) is 10.2 Å². The molecule has 2 N–H and O–H groups in total. The van der Waals surface area contributed by atoms with Gasteiger partial charge in [-0.15, -0.1) is 12.3 Å². The first-order chi connectivity index (χ1) is 20.9. The molecule has 45 heavy (non-hydrogen) atoms. The molecule has 0 aromatic carbocycles. The summed E-state index contributed by atoms with van der Waals surface area (Å²) in [6.45, 7) is 12.1. The van der Waals surface area contributed by atoms with Crippen LogP contribution in [0.3, 0.4) is 0 Å². The van der Waals surface area contributed by atoms with Crippen LogP contribution in [0, 0.1) is 36.0 Å². The molecule has 12 heteroatoms. The van der Waals surface area contributed by atoms with E-state index in [1.165, 1.54) is 7.11 Å². The average Bonchev–Trinajstić information content (AvgIpc) is 3.30. The molecule has 0 radical (unpaired) electrons. The SMILES string of the molecule is C#CCC1C(=O)O[C@H](CC)[C@@]2(C)OC(=O)N[C@@H]2[C@@H](C)C(=O)[C@H](C)C[C@](C)(OC)[C@H](O[C@@H]2O[C@H](C)C[C@H](N(C)C)[C@H]2O)[C@@H](C)C1=O. The average molecular weight is 637 g/mol. The van der Waals surface area contributed by atoms with Crippen LogP contribution in [0.25, 0.3) is 0 Å². The minimum absolute atomic E-state index is 0.115. The van der Waals surface area contributed by atoms with Crippen molar-refractivity contribution in [3.63, 3.8) is 0 Å². The first-order valence-electron chi connectivity index (χ1n) is 15.9. The molecule has 0 spiro atoms. The predicted octanol–water partition coefficient (Wildman–Crippen LogP) is 2.48. The second kappa shape index (κ2) is 14.5. The molecule has 3 heterocycles. The number of cyclic esters (lactones) is 1. The number of amides is 1. The Kier molecular flexibility index (Phi) is 11.9. The summed E-state index contributed by atoms with van der Waals surface area (Å²) in [5.41, 5.74) is -2.67. The van der Waals surface area contributed by atoms with Crippen molar-refractivity contribution in [1.29, 1.82) is 0 Å². The third-order valence-corrected chi connectivity index (χ3v) is 10.1. The lowest BCUT2D eigenvalue weighted by Gasteiger charge is -2.47. The standard InChI is InChI=1S/C33H52N2O10/c1-12-14-21-25(37)20(6)28(44-30-26(38)22(35(9)10)15-18(4)42-30)32(7,41-11)16-17(3)24(36)19(5)27-33(8,45-31(40)34-27)23(13-2)43-29(21)39/h1,17-23,26-28,30,38H,13-16H2,2-11H3,(H,34,40)/t17-,18-,19+,20+,21?,22+,23-,26-,27-,28-,30+,32+,33-/m1/s1. The molecular weight excluding hydrogens is 584 g/mol. The maximum absolute atomic E-state index is 14.2. The van der Waals surface area contributed by atoms with Crippen molar-refractivity contribution in [2.24, 2.45) is 23.7 Å². The van der Waals surface area contributed by atoms with Crippen molar-refractivity contribution in [2.45, 2.75) is 128 Å². The minimum atomic E-state index is -1.39. The summed E-state index contributed by atoms with van der Waals surface area (Å²) in [7, 11) is 5.17. The third kappa shape index (κ3) is 7.38. The number of terminal acetylenes is 1. The fourth-order valence-corrected chi connectivity index (χ4v) is 7.39. The molecule has 3 aliphatic rings. The zero-order chi connectivity index (χ0) is 34.0. The first-order valence-corrected chi connectivity index (χ1v) is 15.9. The molecule has 3 rings (SSSR count). The summed E-state index contributed by atoms with van der Waals surface area (Å²) in [5.74, 6) is -2.90. The van der Waals surface area contributed by atoms with Crippen LogP contribution < -0.4 is 5.32 Å². The van der Waals surface area contributed by atoms with Crippen molar-refractivity contribution in [3.8, 4) is 12.3 Å². The van der Waals surface area contributed by atoms with Gasteiger partial charge in [-0.3, -0.25) is 14.4 Å². The van der Waals surface area contributed by atoms with Crippen LogP contribution in [-0.2, 0) is 38.1 Å². The lowest BCUT2D eigenvalue weighted by atomic mass is 9.73. The van der Waals surface area contributed by atoms with Gasteiger partial charge in [0.1, 0.15) is 23.9 Å². The highest BCUT2D eigenvalue weighted by Gasteiger charge is 2.57. The zero-order valence-electron chi connectivity index (χ0n) is 28.3. The van der Waals surface area contributed by atoms with Gasteiger partial charge in [-0.1, -0.05) is 27.7 Å². The molecule has 3 aliphatic heterocycles. The number of Topliss-reactive ketones (excluding diaryl/α,β-unsaturated/α-hetero) is 2. The van der Waals surface area contributed by atoms with Gasteiger partial charge in [-0.25, -0.2) is 4.79 Å². The predicted molar refractivity (Wildman–Crippen MR) is 164 cm³/mol. The topological polar surface area (TPSA) is 150 Å². The van der Waals surface area contributed by atoms with Crippen LogP contribution in [0.5, 0.6) is 0 Å². The number of ether oxygens (including phenoxy) is 5. The van der Waals surface area contributed by atoms with Crippen LogP contribution >= 0.6 is 0 Å². The van der Waals surface area contributed by atoms with Crippen LogP contribution in [0.4, 0.5) is 4.79 Å². The van der Waals surface area contributed by atoms with Gasteiger partial charge in [0.25, 0.3) is 0 Å². The van der Waals surface area contributed by atoms with Crippen LogP contribution in [0.15, 0.2) is 0 Å². The second-order valence-electron chi connectivity index (χ2n) is 13.6. The van der Waals surface area contributed by atoms with Gasteiger partial charge in [-0.05, 0) is 54.1 Å². The Morgan fingerprint density at radius 2 is 1.73 bits per heavy atom. The number of hydrogen-bond donors (Lipinski definition) is 2. The molecule has 3 fully saturated rings. The molecule has 0 bridgehead atoms. The van der Waals surface area contributed by atoms with E-state index in [4.69, 9.17) is 30.1 Å². The number of aliphatic hydroxyl groups is 1. The Labute approximate surface area is 267 Å². The zero-order valence-corrected chi connectivity index (χ0v) is 28.3. The van der Waals surface area contributed by atoms with E-state index in [0.29, 0.717) is 6.42 Å². The summed E-state index contributed by atoms with van der Waals surface area (Å²) in [5, 5.41) is 14.0. The van der Waals surface area contributed by atoms with E-state index in [2.05, 4.69) is 11.2 Å². The number of nitrogens with one attached hydrogen (secondary N) is 1. The Hall–Kier alpha value is -2.56. The molecule has 13 atom stereocenters. The smallest absolute Gasteiger partial charge is 0.408 e. The number of methoxy groups -OCH3 is 1. The van der Waals surface area contributed by atoms with E-state index in [-0.39, 0.29) is 37.2 Å². The quantitative estimate of drug-likeness (QED) is 0.252. The van der Waals surface area contributed by atoms with Gasteiger partial charge in [0.15, 0.2) is 17.7 Å². The molecular formula is C33H52N2O10. The number of ketones is 2. The highest BCUT2D eigenvalue weighted by Crippen LogP contribution is 2.40. The molecule has 0 aromatic rings. The van der Waals surface area contributed by atoms with Crippen LogP contribution in [0.1, 0.15) is 74.1 Å². The lowest BCUT2D eigenvalue weighted by molar-refractivity contribution is -0.295. The first kappa shape index (κ1) is 36.9. The van der Waals surface area contributed by atoms with E-state index in [1.807, 2.05) is 25.9 Å². The van der Waals surface area contributed by atoms with Crippen LogP contribution in [0.2, 0.25) is 0 Å². The minimum Gasteiger partial charge on any atom is -0.457 e. The largest absolute Gasteiger partial charge is 0.457 e. The van der Waals surface area contributed by atoms with Gasteiger partial charge in [0, 0.05) is 37.3 Å². The number of carbonyl (C=O) groups excluding carboxylic acids is 4. The van der Waals surface area contributed by atoms with E-state index in [0.717, 1.165) is 0 Å². The van der Waals surface area contributed by atoms with Gasteiger partial charge < -0.3 is 39.0 Å². The van der Waals surface area contributed by atoms with Gasteiger partial charge >= 0.3 is 12.1 Å². The summed E-state index contributed by atoms with van der Waals surface area (Å²) in [4.78, 5) is 56.4. The Morgan fingerprint density at radius 1 is 1.09 bits per heavy atom. The molecule has 0 saturated carbocycles. The normalized spacial score (nSPS) is 43.5. The number of esters is 1. The third-order valence-electron chi connectivity index (χ3n) is 10.1. The molecule has 12 nitrogen and oxygen atoms in total. The van der Waals surface area contributed by atoms with E-state index in [1.54, 1.807) is 41.5 Å². The van der Waals surface area contributed by atoms with E-state index >= 15 is 0 Å². The Balaban J connectivity index is 2.15. The number of hydrogen-bond acceptors (Lipinski definition) is 11. The molecule has 3 saturated heterocycles. The Morgan fingerprint density at radius 3 is 2.29 bits per heavy atom. The van der Waals surface area contributed by atoms with Gasteiger partial charge in [0.2, 0.25) is 0 Å². The number of fused-ring (bicyclic) bond motifs is 1. The number of rotatable bonds is 6. The van der Waals surface area contributed by atoms with E-state index < -0.39 is 83.4 Å². The fourth-order valence-electron chi connectivity index (χ4n) is 7.39. The second-order valence-corrected chi connectivity index (χ2v) is 13.6. The van der Waals surface area contributed by atoms with Crippen molar-refractivity contribution >= 4 is 23.6 Å². The van der Waals surface area contributed by atoms with Crippen molar-refractivity contribution in [3.05, 3.63) is 0 Å². The maximum Gasteiger partial charge on any atom is 0.408 e. The van der Waals surface area contributed by atoms with Crippen molar-refractivity contribution in [2.75, 3.05) is 21.2 Å². The van der Waals surface area contributed by atoms with Crippen LogP contribution in [-0.4, -0.2) is 109 Å². The number of alkyl carbamates (subject to hydrolysis) is 1. The molecule has 1 amide bonds. The highest BCUT2D eigenvalue weighted by atomic mass is 16.7. The Bertz CT molecular complexity index is 1150. The molecule has 254 valence electrons. The fraction of sp³-hybridized carbons (Fsp3) is 0.818. The summed E-state index contributed by atoms with van der Waals surface area (Å²) < 4.78 is 30.2. The summed E-state index contributed by atoms with van der Waals surface area (Å²) in [6.07, 6.45) is 1.08. The van der Waals surface area contributed by atoms with Gasteiger partial charge in [0.05, 0.1) is 23.9 Å². The monoisotopic (exact) mass is 636 g/mol. The van der Waals surface area contributed by atoms with Crippen molar-refractivity contribution < 1.29 is 48.0 Å². The number of nitrogens with zero attached hydrogens (tertiary/aromatic N) is 1. The molecule has 1 unspecified atom stereocenters. The molecule has 0 aromatic heterocycles. The number of carbonyl (C=O) groups is 4. The maximum atomic E-state index is 14.2. The molecule has 0 aliphatic carbocycles. The van der Waals surface area contributed by atoms with E-state index in [9.17, 15) is 24.3 Å². The number of likely N-dealkylation sites (N-methyl/N-ethyl adjacent to an activating group) is 1. The lowest BCUT2D eigenvalue weighted by Crippen LogP contribution is -2.60. The highest BCUT2D eigenvalue weighted by molar-refractivity contribution is 6.00.